The molecule has 4 fully saturated rings. The van der Waals surface area contributed by atoms with Crippen molar-refractivity contribution in [2.75, 3.05) is 26.2 Å². The van der Waals surface area contributed by atoms with Crippen LogP contribution in [-0.4, -0.2) is 49.2 Å². The van der Waals surface area contributed by atoms with Crippen LogP contribution in [0, 0.1) is 46.3 Å². The molecule has 0 saturated heterocycles. The van der Waals surface area contributed by atoms with E-state index in [-0.39, 0.29) is 19.3 Å². The average Bonchev–Trinajstić information content (AvgIpc) is 3.26. The lowest BCUT2D eigenvalue weighted by Gasteiger charge is -2.62. The van der Waals surface area contributed by atoms with Crippen LogP contribution in [-0.2, 0) is 4.79 Å². The molecule has 0 aliphatic heterocycles. The molecule has 0 radical (unpaired) electrons. The fourth-order valence-electron chi connectivity index (χ4n) is 10.2. The van der Waals surface area contributed by atoms with E-state index in [1.807, 2.05) is 6.92 Å². The predicted molar refractivity (Wildman–Crippen MR) is 169 cm³/mol. The Balaban J connectivity index is 0.00000441. The van der Waals surface area contributed by atoms with Crippen molar-refractivity contribution in [3.8, 4) is 0 Å². The highest BCUT2D eigenvalue weighted by molar-refractivity contribution is 5.94. The zero-order chi connectivity index (χ0) is 28.2. The molecular formula is C35H65N3O2. The summed E-state index contributed by atoms with van der Waals surface area (Å²) in [6, 6.07) is 0.608. The molecule has 40 heavy (non-hydrogen) atoms. The van der Waals surface area contributed by atoms with Gasteiger partial charge in [0.2, 0.25) is 0 Å². The van der Waals surface area contributed by atoms with Gasteiger partial charge in [-0.3, -0.25) is 4.79 Å². The molecule has 0 heterocycles. The largest absolute Gasteiger partial charge is 0.393 e. The van der Waals surface area contributed by atoms with Crippen LogP contribution in [0.2, 0.25) is 0 Å². The number of hydrogen-bond donors (Lipinski definition) is 4. The quantitative estimate of drug-likeness (QED) is 0.144. The van der Waals surface area contributed by atoms with Gasteiger partial charge in [-0.1, -0.05) is 34.8 Å². The number of unbranched alkanes of at least 4 members (excludes halogenated alkanes) is 1. The first-order valence-electron chi connectivity index (χ1n) is 16.6. The summed E-state index contributed by atoms with van der Waals surface area (Å²) < 4.78 is 0. The summed E-state index contributed by atoms with van der Waals surface area (Å²) >= 11 is 0. The molecule has 4 aliphatic carbocycles. The van der Waals surface area contributed by atoms with Crippen molar-refractivity contribution < 1.29 is 9.90 Å². The molecule has 0 aromatic rings. The number of hydrogen-bond acceptors (Lipinski definition) is 5. The zero-order valence-electron chi connectivity index (χ0n) is 25.8. The van der Waals surface area contributed by atoms with Crippen LogP contribution in [0.1, 0.15) is 119 Å². The summed E-state index contributed by atoms with van der Waals surface area (Å²) in [5.74, 6) is 3.88. The second-order valence-electron chi connectivity index (χ2n) is 14.8. The molecule has 0 aromatic heterocycles. The van der Waals surface area contributed by atoms with E-state index in [9.17, 15) is 9.90 Å². The van der Waals surface area contributed by atoms with Crippen molar-refractivity contribution in [2.45, 2.75) is 131 Å². The first-order chi connectivity index (χ1) is 18.6. The molecule has 4 aliphatic rings. The molecular weight excluding hydrogens is 494 g/mol. The lowest BCUT2D eigenvalue weighted by Crippen LogP contribution is -2.59. The van der Waals surface area contributed by atoms with E-state index in [2.05, 4.69) is 38.0 Å². The molecule has 4 saturated carbocycles. The predicted octanol–water partition coefficient (Wildman–Crippen LogP) is 6.49. The summed E-state index contributed by atoms with van der Waals surface area (Å²) in [6.07, 6.45) is 14.9. The summed E-state index contributed by atoms with van der Waals surface area (Å²) in [5, 5.41) is 19.1. The van der Waals surface area contributed by atoms with E-state index in [1.54, 1.807) is 0 Å². The van der Waals surface area contributed by atoms with Crippen molar-refractivity contribution in [1.29, 1.82) is 0 Å². The number of Topliss-reactive ketones (excluding diaryl/α,β-unsaturated/α-hetero) is 1. The van der Waals surface area contributed by atoms with E-state index < -0.39 is 0 Å². The molecule has 0 aromatic carbocycles. The Morgan fingerprint density at radius 3 is 2.42 bits per heavy atom. The molecule has 0 spiro atoms. The van der Waals surface area contributed by atoms with E-state index in [0.29, 0.717) is 64.4 Å². The van der Waals surface area contributed by atoms with E-state index in [0.717, 1.165) is 45.4 Å². The third-order valence-electron chi connectivity index (χ3n) is 12.5. The fraction of sp³-hybridized carbons (Fsp3) is 0.914. The maximum absolute atomic E-state index is 12.2. The van der Waals surface area contributed by atoms with Gasteiger partial charge in [0.05, 0.1) is 6.10 Å². The molecule has 5 nitrogen and oxygen atoms in total. The third-order valence-corrected chi connectivity index (χ3v) is 12.5. The van der Waals surface area contributed by atoms with Gasteiger partial charge < -0.3 is 21.5 Å². The van der Waals surface area contributed by atoms with Gasteiger partial charge in [0, 0.05) is 12.5 Å². The van der Waals surface area contributed by atoms with E-state index >= 15 is 0 Å². The Morgan fingerprint density at radius 1 is 1.00 bits per heavy atom. The second-order valence-corrected chi connectivity index (χ2v) is 14.8. The van der Waals surface area contributed by atoms with Crippen molar-refractivity contribution in [1.82, 2.24) is 10.6 Å². The highest BCUT2D eigenvalue weighted by atomic mass is 16.3. The van der Waals surface area contributed by atoms with Crippen molar-refractivity contribution >= 4 is 5.78 Å². The van der Waals surface area contributed by atoms with E-state index in [4.69, 9.17) is 5.73 Å². The number of fused-ring (bicyclic) bond motifs is 5. The summed E-state index contributed by atoms with van der Waals surface area (Å²) in [4.78, 5) is 12.2. The lowest BCUT2D eigenvalue weighted by atomic mass is 9.43. The molecule has 0 bridgehead atoms. The van der Waals surface area contributed by atoms with Gasteiger partial charge in [-0.2, -0.15) is 0 Å². The van der Waals surface area contributed by atoms with Gasteiger partial charge in [0.1, 0.15) is 0 Å². The molecule has 5 heteroatoms. The van der Waals surface area contributed by atoms with Crippen molar-refractivity contribution in [3.63, 3.8) is 0 Å². The zero-order valence-corrected chi connectivity index (χ0v) is 25.8. The molecule has 4 rings (SSSR count). The van der Waals surface area contributed by atoms with Crippen molar-refractivity contribution in [3.05, 3.63) is 12.2 Å². The Kier molecular flexibility index (Phi) is 12.3. The summed E-state index contributed by atoms with van der Waals surface area (Å²) in [6.45, 7) is 17.3. The maximum atomic E-state index is 12.2. The van der Waals surface area contributed by atoms with Gasteiger partial charge in [-0.25, -0.2) is 0 Å². The van der Waals surface area contributed by atoms with Crippen LogP contribution < -0.4 is 16.4 Å². The monoisotopic (exact) mass is 560 g/mol. The Labute approximate surface area is 247 Å². The normalized spacial score (nSPS) is 39.4. The van der Waals surface area contributed by atoms with Gasteiger partial charge in [-0.15, -0.1) is 0 Å². The summed E-state index contributed by atoms with van der Waals surface area (Å²) in [7, 11) is 0. The minimum atomic E-state index is -0.145. The standard InChI is InChI=1S/C34H61N3O2.CH4/c1-23(2)30(38)12-9-24(3)27-10-11-28-32-29(14-16-34(27,28)5)33(4)15-13-26(21-25(33)22-31(32)39)37-20-8-19-36-18-7-6-17-35;/h24-29,31-32,36-37,39H,1,6-22,35H2,2-5H3;1H4/t24?,25-,26+,27?,28?,29?,31-,32?,33+,34-;/m1./s1. The molecule has 10 atom stereocenters. The number of nitrogens with one attached hydrogen (secondary N) is 2. The number of nitrogens with two attached hydrogens (primary N) is 1. The van der Waals surface area contributed by atoms with Gasteiger partial charge in [-0.05, 0) is 162 Å². The highest BCUT2D eigenvalue weighted by Crippen LogP contribution is 2.68. The topological polar surface area (TPSA) is 87.4 Å². The number of aliphatic hydroxyl groups excluding tert-OH is 1. The minimum Gasteiger partial charge on any atom is -0.393 e. The number of carbonyl (C=O) groups is 1. The Hall–Kier alpha value is -0.750. The van der Waals surface area contributed by atoms with Gasteiger partial charge >= 0.3 is 0 Å². The van der Waals surface area contributed by atoms with Crippen molar-refractivity contribution in [2.24, 2.45) is 52.1 Å². The molecule has 5 unspecified atom stereocenters. The van der Waals surface area contributed by atoms with Gasteiger partial charge in [0.25, 0.3) is 0 Å². The molecule has 232 valence electrons. The average molecular weight is 560 g/mol. The fourth-order valence-corrected chi connectivity index (χ4v) is 10.2. The number of rotatable bonds is 14. The number of aliphatic hydroxyl groups is 1. The van der Waals surface area contributed by atoms with Crippen LogP contribution in [0.4, 0.5) is 0 Å². The first-order valence-corrected chi connectivity index (χ1v) is 16.6. The Bertz CT molecular complexity index is 831. The number of allylic oxidation sites excluding steroid dienone is 1. The number of ketones is 1. The number of carbonyl (C=O) groups excluding carboxylic acids is 1. The van der Waals surface area contributed by atoms with Crippen LogP contribution in [0.5, 0.6) is 0 Å². The lowest BCUT2D eigenvalue weighted by molar-refractivity contribution is -0.167. The second kappa shape index (κ2) is 14.6. The Morgan fingerprint density at radius 2 is 1.70 bits per heavy atom. The summed E-state index contributed by atoms with van der Waals surface area (Å²) in [5.41, 5.74) is 6.97. The third kappa shape index (κ3) is 7.06. The maximum Gasteiger partial charge on any atom is 0.157 e. The first kappa shape index (κ1) is 33.7. The van der Waals surface area contributed by atoms with Crippen LogP contribution in [0.25, 0.3) is 0 Å². The van der Waals surface area contributed by atoms with E-state index in [1.165, 1.54) is 57.8 Å². The minimum absolute atomic E-state index is 0. The molecule has 5 N–H and O–H groups in total. The van der Waals surface area contributed by atoms with Gasteiger partial charge in [0.15, 0.2) is 5.78 Å². The van der Waals surface area contributed by atoms with Crippen LogP contribution in [0.3, 0.4) is 0 Å². The smallest absolute Gasteiger partial charge is 0.157 e. The van der Waals surface area contributed by atoms with Crippen LogP contribution in [0.15, 0.2) is 12.2 Å². The molecule has 0 amide bonds. The SMILES string of the molecule is C.C=C(C)C(=O)CCC(C)C1CCC2C3C(CC[C@]12C)[C@@]1(C)CC[C@H](NCCCNCCCCN)C[C@@H]1C[C@H]3O. The highest BCUT2D eigenvalue weighted by Gasteiger charge is 2.62. The van der Waals surface area contributed by atoms with Crippen LogP contribution >= 0.6 is 0 Å².